The number of rotatable bonds is 3. The van der Waals surface area contributed by atoms with E-state index >= 15 is 0 Å². The van der Waals surface area contributed by atoms with E-state index in [2.05, 4.69) is 10.6 Å². The first-order valence-electron chi connectivity index (χ1n) is 7.96. The van der Waals surface area contributed by atoms with Crippen molar-refractivity contribution in [1.29, 1.82) is 0 Å². The zero-order chi connectivity index (χ0) is 17.3. The number of likely N-dealkylation sites (N-methyl/N-ethyl adjacent to an activating group) is 1. The largest absolute Gasteiger partial charge is 0.368 e. The molecule has 5 nitrogen and oxygen atoms in total. The summed E-state index contributed by atoms with van der Waals surface area (Å²) in [6, 6.07) is 13.1. The molecule has 0 aromatic heterocycles. The van der Waals surface area contributed by atoms with Gasteiger partial charge in [-0.25, -0.2) is 0 Å². The van der Waals surface area contributed by atoms with Gasteiger partial charge >= 0.3 is 0 Å². The Balaban J connectivity index is 2.07. The number of carbonyl (C=O) groups excluding carboxylic acids is 2. The van der Waals surface area contributed by atoms with Gasteiger partial charge in [0.2, 0.25) is 5.91 Å². The Morgan fingerprint density at radius 2 is 1.83 bits per heavy atom. The van der Waals surface area contributed by atoms with Crippen molar-refractivity contribution in [3.05, 3.63) is 59.2 Å². The van der Waals surface area contributed by atoms with Crippen LogP contribution in [0.4, 0.5) is 11.4 Å². The molecule has 0 radical (unpaired) electrons. The Bertz CT molecular complexity index is 787. The molecule has 0 fully saturated rings. The molecule has 2 aromatic rings. The van der Waals surface area contributed by atoms with E-state index in [9.17, 15) is 9.59 Å². The summed E-state index contributed by atoms with van der Waals surface area (Å²) in [5.41, 5.74) is 4.73. The van der Waals surface area contributed by atoms with Gasteiger partial charge in [0.1, 0.15) is 12.6 Å². The normalized spacial score (nSPS) is 16.4. The highest BCUT2D eigenvalue weighted by Gasteiger charge is 2.34. The number of fused-ring (bicyclic) bond motifs is 1. The van der Waals surface area contributed by atoms with Crippen LogP contribution in [0.25, 0.3) is 0 Å². The van der Waals surface area contributed by atoms with Crippen LogP contribution in [0.5, 0.6) is 0 Å². The highest BCUT2D eigenvalue weighted by molar-refractivity contribution is 6.08. The van der Waals surface area contributed by atoms with E-state index in [-0.39, 0.29) is 18.4 Å². The molecule has 0 bridgehead atoms. The monoisotopic (exact) mass is 323 g/mol. The minimum absolute atomic E-state index is 0.00977. The molecule has 1 unspecified atom stereocenters. The van der Waals surface area contributed by atoms with E-state index in [0.717, 1.165) is 28.1 Å². The second-order valence-electron chi connectivity index (χ2n) is 6.04. The third-order valence-electron chi connectivity index (χ3n) is 4.43. The fourth-order valence-corrected chi connectivity index (χ4v) is 2.89. The summed E-state index contributed by atoms with van der Waals surface area (Å²) in [5.74, 6) is -0.318. The third kappa shape index (κ3) is 2.85. The Morgan fingerprint density at radius 3 is 2.50 bits per heavy atom. The summed E-state index contributed by atoms with van der Waals surface area (Å²) in [6.07, 6.45) is 0. The maximum atomic E-state index is 13.0. The number of carbonyl (C=O) groups is 2. The summed E-state index contributed by atoms with van der Waals surface area (Å²) in [4.78, 5) is 26.5. The summed E-state index contributed by atoms with van der Waals surface area (Å²) < 4.78 is 0. The van der Waals surface area contributed by atoms with Gasteiger partial charge in [-0.3, -0.25) is 14.5 Å². The number of benzene rings is 2. The molecule has 0 saturated heterocycles. The molecule has 0 spiro atoms. The SMILES string of the molecule is CNC(=O)CN1C(=O)C(c2ccccc2)Nc2cc(C)c(C)cc21. The van der Waals surface area contributed by atoms with Crippen LogP contribution in [-0.4, -0.2) is 25.4 Å². The minimum atomic E-state index is -0.495. The summed E-state index contributed by atoms with van der Waals surface area (Å²) >= 11 is 0. The van der Waals surface area contributed by atoms with Gasteiger partial charge in [0.25, 0.3) is 5.91 Å². The van der Waals surface area contributed by atoms with E-state index in [1.807, 2.05) is 56.3 Å². The second-order valence-corrected chi connectivity index (χ2v) is 6.04. The first-order chi connectivity index (χ1) is 11.5. The molecule has 1 aliphatic heterocycles. The molecule has 1 atom stereocenters. The van der Waals surface area contributed by atoms with E-state index < -0.39 is 6.04 Å². The summed E-state index contributed by atoms with van der Waals surface area (Å²) in [7, 11) is 1.57. The molecule has 1 heterocycles. The number of hydrogen-bond acceptors (Lipinski definition) is 3. The Kier molecular flexibility index (Phi) is 4.25. The standard InChI is InChI=1S/C19H21N3O2/c1-12-9-15-16(10-13(12)2)22(11-17(23)20-3)19(24)18(21-15)14-7-5-4-6-8-14/h4-10,18,21H,11H2,1-3H3,(H,20,23). The molecule has 24 heavy (non-hydrogen) atoms. The van der Waals surface area contributed by atoms with Crippen LogP contribution < -0.4 is 15.5 Å². The van der Waals surface area contributed by atoms with Crippen LogP contribution in [0.3, 0.4) is 0 Å². The molecule has 1 aliphatic rings. The van der Waals surface area contributed by atoms with Gasteiger partial charge in [0.15, 0.2) is 0 Å². The predicted molar refractivity (Wildman–Crippen MR) is 95.1 cm³/mol. The quantitative estimate of drug-likeness (QED) is 0.912. The minimum Gasteiger partial charge on any atom is -0.368 e. The second kappa shape index (κ2) is 6.35. The van der Waals surface area contributed by atoms with E-state index in [4.69, 9.17) is 0 Å². The van der Waals surface area contributed by atoms with Crippen molar-refractivity contribution < 1.29 is 9.59 Å². The lowest BCUT2D eigenvalue weighted by atomic mass is 9.99. The predicted octanol–water partition coefficient (Wildman–Crippen LogP) is 2.55. The van der Waals surface area contributed by atoms with Crippen LogP contribution in [0.1, 0.15) is 22.7 Å². The third-order valence-corrected chi connectivity index (χ3v) is 4.43. The lowest BCUT2D eigenvalue weighted by Crippen LogP contribution is -2.46. The molecule has 3 rings (SSSR count). The zero-order valence-electron chi connectivity index (χ0n) is 14.1. The van der Waals surface area contributed by atoms with Crippen molar-refractivity contribution in [2.45, 2.75) is 19.9 Å². The number of aryl methyl sites for hydroxylation is 2. The average Bonchev–Trinajstić information content (AvgIpc) is 2.59. The molecule has 2 amide bonds. The average molecular weight is 323 g/mol. The van der Waals surface area contributed by atoms with Crippen LogP contribution in [0.15, 0.2) is 42.5 Å². The van der Waals surface area contributed by atoms with Gasteiger partial charge < -0.3 is 10.6 Å². The fourth-order valence-electron chi connectivity index (χ4n) is 2.89. The van der Waals surface area contributed by atoms with Crippen molar-refractivity contribution in [2.24, 2.45) is 0 Å². The number of nitrogens with one attached hydrogen (secondary N) is 2. The van der Waals surface area contributed by atoms with E-state index in [0.29, 0.717) is 0 Å². The van der Waals surface area contributed by atoms with Gasteiger partial charge in [0, 0.05) is 7.05 Å². The smallest absolute Gasteiger partial charge is 0.254 e. The van der Waals surface area contributed by atoms with Crippen molar-refractivity contribution >= 4 is 23.2 Å². The first kappa shape index (κ1) is 16.1. The zero-order valence-corrected chi connectivity index (χ0v) is 14.1. The van der Waals surface area contributed by atoms with Crippen LogP contribution in [0.2, 0.25) is 0 Å². The van der Waals surface area contributed by atoms with E-state index in [1.165, 1.54) is 0 Å². The van der Waals surface area contributed by atoms with Crippen molar-refractivity contribution in [3.63, 3.8) is 0 Å². The Hall–Kier alpha value is -2.82. The molecule has 2 N–H and O–H groups in total. The maximum absolute atomic E-state index is 13.0. The lowest BCUT2D eigenvalue weighted by molar-refractivity contribution is -0.124. The molecular weight excluding hydrogens is 302 g/mol. The highest BCUT2D eigenvalue weighted by Crippen LogP contribution is 2.38. The highest BCUT2D eigenvalue weighted by atomic mass is 16.2. The van der Waals surface area contributed by atoms with Gasteiger partial charge in [-0.05, 0) is 42.7 Å². The van der Waals surface area contributed by atoms with Crippen molar-refractivity contribution in [1.82, 2.24) is 5.32 Å². The number of amides is 2. The molecule has 0 aliphatic carbocycles. The fraction of sp³-hybridized carbons (Fsp3) is 0.263. The summed E-state index contributed by atoms with van der Waals surface area (Å²) in [6.45, 7) is 4.05. The van der Waals surface area contributed by atoms with Crippen molar-refractivity contribution in [3.8, 4) is 0 Å². The lowest BCUT2D eigenvalue weighted by Gasteiger charge is -2.35. The topological polar surface area (TPSA) is 61.4 Å². The molecule has 124 valence electrons. The van der Waals surface area contributed by atoms with Crippen LogP contribution in [0, 0.1) is 13.8 Å². The van der Waals surface area contributed by atoms with Gasteiger partial charge in [-0.2, -0.15) is 0 Å². The maximum Gasteiger partial charge on any atom is 0.254 e. The molecule has 2 aromatic carbocycles. The Morgan fingerprint density at radius 1 is 1.17 bits per heavy atom. The summed E-state index contributed by atoms with van der Waals surface area (Å²) in [5, 5.41) is 5.92. The van der Waals surface area contributed by atoms with Crippen LogP contribution in [-0.2, 0) is 9.59 Å². The molecule has 0 saturated carbocycles. The molecule has 5 heteroatoms. The van der Waals surface area contributed by atoms with Gasteiger partial charge in [0.05, 0.1) is 11.4 Å². The van der Waals surface area contributed by atoms with Gasteiger partial charge in [-0.15, -0.1) is 0 Å². The van der Waals surface area contributed by atoms with Crippen molar-refractivity contribution in [2.75, 3.05) is 23.8 Å². The first-order valence-corrected chi connectivity index (χ1v) is 7.96. The van der Waals surface area contributed by atoms with Gasteiger partial charge in [-0.1, -0.05) is 30.3 Å². The number of anilines is 2. The number of nitrogens with zero attached hydrogens (tertiary/aromatic N) is 1. The molecular formula is C19H21N3O2. The number of hydrogen-bond donors (Lipinski definition) is 2. The van der Waals surface area contributed by atoms with Crippen LogP contribution >= 0.6 is 0 Å². The van der Waals surface area contributed by atoms with E-state index in [1.54, 1.807) is 11.9 Å². The Labute approximate surface area is 141 Å².